The van der Waals surface area contributed by atoms with Gasteiger partial charge in [-0.2, -0.15) is 0 Å². The standard InChI is InChI=1S/C13H12Cl2N2O/c14-10-5-11(15)7-12(6-10)18-13-2-1-9(3-4-16)8-17-13/h1-2,5-8H,3-4,16H2. The summed E-state index contributed by atoms with van der Waals surface area (Å²) in [6.07, 6.45) is 2.55. The first kappa shape index (κ1) is 13.1. The monoisotopic (exact) mass is 282 g/mol. The number of hydrogen-bond donors (Lipinski definition) is 1. The van der Waals surface area contributed by atoms with Crippen LogP contribution in [-0.2, 0) is 6.42 Å². The number of halogens is 2. The minimum atomic E-state index is 0.495. The summed E-state index contributed by atoms with van der Waals surface area (Å²) in [4.78, 5) is 4.19. The lowest BCUT2D eigenvalue weighted by atomic mass is 10.2. The van der Waals surface area contributed by atoms with Gasteiger partial charge in [0.1, 0.15) is 5.75 Å². The van der Waals surface area contributed by atoms with Crippen LogP contribution in [0.1, 0.15) is 5.56 Å². The first-order valence-corrected chi connectivity index (χ1v) is 6.22. The zero-order valence-electron chi connectivity index (χ0n) is 9.57. The van der Waals surface area contributed by atoms with E-state index in [0.29, 0.717) is 28.2 Å². The van der Waals surface area contributed by atoms with Crippen LogP contribution in [0.25, 0.3) is 0 Å². The van der Waals surface area contributed by atoms with E-state index in [9.17, 15) is 0 Å². The normalized spacial score (nSPS) is 10.4. The Labute approximate surface area is 115 Å². The number of nitrogens with zero attached hydrogens (tertiary/aromatic N) is 1. The Morgan fingerprint density at radius 3 is 2.39 bits per heavy atom. The van der Waals surface area contributed by atoms with E-state index in [1.54, 1.807) is 30.5 Å². The van der Waals surface area contributed by atoms with E-state index in [-0.39, 0.29) is 0 Å². The molecule has 0 fully saturated rings. The number of aromatic nitrogens is 1. The second-order valence-corrected chi connectivity index (χ2v) is 4.62. The second kappa shape index (κ2) is 6.05. The quantitative estimate of drug-likeness (QED) is 0.931. The third-order valence-electron chi connectivity index (χ3n) is 2.29. The number of benzene rings is 1. The van der Waals surface area contributed by atoms with E-state index in [0.717, 1.165) is 12.0 Å². The van der Waals surface area contributed by atoms with Gasteiger partial charge in [0, 0.05) is 22.3 Å². The molecule has 0 unspecified atom stereocenters. The molecule has 2 aromatic rings. The Balaban J connectivity index is 2.13. The lowest BCUT2D eigenvalue weighted by molar-refractivity contribution is 0.462. The molecule has 94 valence electrons. The van der Waals surface area contributed by atoms with E-state index in [2.05, 4.69) is 4.98 Å². The van der Waals surface area contributed by atoms with Gasteiger partial charge in [-0.1, -0.05) is 29.3 Å². The fourth-order valence-corrected chi connectivity index (χ4v) is 2.00. The third-order valence-corrected chi connectivity index (χ3v) is 2.73. The molecule has 2 N–H and O–H groups in total. The molecule has 5 heteroatoms. The summed E-state index contributed by atoms with van der Waals surface area (Å²) in [6, 6.07) is 8.74. The average molecular weight is 283 g/mol. The van der Waals surface area contributed by atoms with Gasteiger partial charge in [-0.05, 0) is 36.7 Å². The molecule has 0 radical (unpaired) electrons. The highest BCUT2D eigenvalue weighted by Crippen LogP contribution is 2.27. The Morgan fingerprint density at radius 1 is 1.11 bits per heavy atom. The van der Waals surface area contributed by atoms with E-state index in [1.807, 2.05) is 6.07 Å². The lowest BCUT2D eigenvalue weighted by Crippen LogP contribution is -2.02. The average Bonchev–Trinajstić information content (AvgIpc) is 2.31. The van der Waals surface area contributed by atoms with Crippen molar-refractivity contribution in [3.05, 3.63) is 52.1 Å². The van der Waals surface area contributed by atoms with Crippen molar-refractivity contribution in [3.63, 3.8) is 0 Å². The first-order chi connectivity index (χ1) is 8.67. The molecule has 1 aromatic carbocycles. The highest BCUT2D eigenvalue weighted by molar-refractivity contribution is 6.34. The van der Waals surface area contributed by atoms with Gasteiger partial charge in [-0.15, -0.1) is 0 Å². The van der Waals surface area contributed by atoms with E-state index in [1.165, 1.54) is 0 Å². The molecule has 2 rings (SSSR count). The molecule has 1 heterocycles. The van der Waals surface area contributed by atoms with Gasteiger partial charge in [0.05, 0.1) is 0 Å². The van der Waals surface area contributed by atoms with Gasteiger partial charge in [0.25, 0.3) is 0 Å². The molecular formula is C13H12Cl2N2O. The third kappa shape index (κ3) is 3.60. The van der Waals surface area contributed by atoms with Gasteiger partial charge >= 0.3 is 0 Å². The summed E-state index contributed by atoms with van der Waals surface area (Å²) in [6.45, 7) is 0.603. The van der Waals surface area contributed by atoms with Crippen molar-refractivity contribution in [1.29, 1.82) is 0 Å². The highest BCUT2D eigenvalue weighted by atomic mass is 35.5. The fourth-order valence-electron chi connectivity index (χ4n) is 1.49. The van der Waals surface area contributed by atoms with Gasteiger partial charge in [-0.25, -0.2) is 4.98 Å². The Morgan fingerprint density at radius 2 is 1.83 bits per heavy atom. The Hall–Kier alpha value is -1.29. The molecule has 0 amide bonds. The summed E-state index contributed by atoms with van der Waals surface area (Å²) in [5.74, 6) is 1.06. The maximum absolute atomic E-state index is 5.88. The number of nitrogens with two attached hydrogens (primary N) is 1. The SMILES string of the molecule is NCCc1ccc(Oc2cc(Cl)cc(Cl)c2)nc1. The van der Waals surface area contributed by atoms with Crippen LogP contribution < -0.4 is 10.5 Å². The maximum atomic E-state index is 5.88. The van der Waals surface area contributed by atoms with Crippen molar-refractivity contribution in [1.82, 2.24) is 4.98 Å². The van der Waals surface area contributed by atoms with Crippen molar-refractivity contribution < 1.29 is 4.74 Å². The van der Waals surface area contributed by atoms with Gasteiger partial charge in [0.2, 0.25) is 5.88 Å². The van der Waals surface area contributed by atoms with Gasteiger partial charge in [0.15, 0.2) is 0 Å². The van der Waals surface area contributed by atoms with Crippen LogP contribution in [0.15, 0.2) is 36.5 Å². The van der Waals surface area contributed by atoms with Crippen LogP contribution in [0.2, 0.25) is 10.0 Å². The van der Waals surface area contributed by atoms with Crippen molar-refractivity contribution in [2.24, 2.45) is 5.73 Å². The van der Waals surface area contributed by atoms with Crippen LogP contribution in [0.5, 0.6) is 11.6 Å². The van der Waals surface area contributed by atoms with E-state index in [4.69, 9.17) is 33.7 Å². The molecule has 3 nitrogen and oxygen atoms in total. The summed E-state index contributed by atoms with van der Waals surface area (Å²) in [7, 11) is 0. The largest absolute Gasteiger partial charge is 0.439 e. The zero-order chi connectivity index (χ0) is 13.0. The highest BCUT2D eigenvalue weighted by Gasteiger charge is 2.02. The van der Waals surface area contributed by atoms with Crippen molar-refractivity contribution in [2.45, 2.75) is 6.42 Å². The zero-order valence-corrected chi connectivity index (χ0v) is 11.1. The second-order valence-electron chi connectivity index (χ2n) is 3.75. The van der Waals surface area contributed by atoms with Gasteiger partial charge in [-0.3, -0.25) is 0 Å². The molecule has 0 aliphatic carbocycles. The molecule has 18 heavy (non-hydrogen) atoms. The van der Waals surface area contributed by atoms with Gasteiger partial charge < -0.3 is 10.5 Å². The molecule has 0 aliphatic heterocycles. The number of hydrogen-bond acceptors (Lipinski definition) is 3. The number of rotatable bonds is 4. The van der Waals surface area contributed by atoms with Crippen molar-refractivity contribution >= 4 is 23.2 Å². The molecule has 0 saturated carbocycles. The molecule has 1 aromatic heterocycles. The van der Waals surface area contributed by atoms with Crippen molar-refractivity contribution in [3.8, 4) is 11.6 Å². The van der Waals surface area contributed by atoms with Crippen LogP contribution in [-0.4, -0.2) is 11.5 Å². The van der Waals surface area contributed by atoms with Crippen LogP contribution >= 0.6 is 23.2 Å². The number of pyridine rings is 1. The summed E-state index contributed by atoms with van der Waals surface area (Å²) < 4.78 is 5.56. The Bertz CT molecular complexity index is 509. The molecular weight excluding hydrogens is 271 g/mol. The molecule has 0 aliphatic rings. The van der Waals surface area contributed by atoms with E-state index < -0.39 is 0 Å². The van der Waals surface area contributed by atoms with Crippen LogP contribution in [0.4, 0.5) is 0 Å². The summed E-state index contributed by atoms with van der Waals surface area (Å²) in [5, 5.41) is 1.05. The Kier molecular flexibility index (Phi) is 4.42. The number of ether oxygens (including phenoxy) is 1. The predicted molar refractivity (Wildman–Crippen MR) is 73.5 cm³/mol. The summed E-state index contributed by atoms with van der Waals surface area (Å²) in [5.41, 5.74) is 6.54. The fraction of sp³-hybridized carbons (Fsp3) is 0.154. The lowest BCUT2D eigenvalue weighted by Gasteiger charge is -2.06. The molecule has 0 spiro atoms. The molecule has 0 bridgehead atoms. The molecule has 0 saturated heterocycles. The minimum Gasteiger partial charge on any atom is -0.439 e. The topological polar surface area (TPSA) is 48.1 Å². The van der Waals surface area contributed by atoms with Crippen LogP contribution in [0.3, 0.4) is 0 Å². The maximum Gasteiger partial charge on any atom is 0.219 e. The predicted octanol–water partition coefficient (Wildman–Crippen LogP) is 3.68. The summed E-state index contributed by atoms with van der Waals surface area (Å²) >= 11 is 11.8. The minimum absolute atomic E-state index is 0.495. The molecule has 0 atom stereocenters. The van der Waals surface area contributed by atoms with Crippen LogP contribution in [0, 0.1) is 0 Å². The smallest absolute Gasteiger partial charge is 0.219 e. The first-order valence-electron chi connectivity index (χ1n) is 5.46. The van der Waals surface area contributed by atoms with Crippen molar-refractivity contribution in [2.75, 3.05) is 6.54 Å². The van der Waals surface area contributed by atoms with E-state index >= 15 is 0 Å².